The Morgan fingerprint density at radius 1 is 1.07 bits per heavy atom. The van der Waals surface area contributed by atoms with Crippen LogP contribution in [0.2, 0.25) is 10.0 Å². The van der Waals surface area contributed by atoms with Crippen molar-refractivity contribution in [3.05, 3.63) is 51.5 Å². The molecule has 0 atom stereocenters. The van der Waals surface area contributed by atoms with E-state index in [2.05, 4.69) is 10.6 Å². The number of ether oxygens (including phenoxy) is 2. The van der Waals surface area contributed by atoms with Crippen LogP contribution in [0.25, 0.3) is 0 Å². The zero-order valence-electron chi connectivity index (χ0n) is 15.3. The fraction of sp³-hybridized carbons (Fsp3) is 0.300. The van der Waals surface area contributed by atoms with Gasteiger partial charge in [0.25, 0.3) is 0 Å². The van der Waals surface area contributed by atoms with Crippen molar-refractivity contribution in [1.29, 1.82) is 0 Å². The standard InChI is InChI=1S/C20H20Cl2N2O4/c1-12-14(21)4-2-5-16(12)24-19(26)11-23-18(25)10-13-8-15(22)20-17(9-13)27-6-3-7-28-20/h2,4-5,8-9H,3,6-7,10-11H2,1H3,(H,23,25)(H,24,26). The van der Waals surface area contributed by atoms with E-state index in [0.29, 0.717) is 46.0 Å². The lowest BCUT2D eigenvalue weighted by molar-refractivity contribution is -0.123. The molecule has 1 aliphatic heterocycles. The van der Waals surface area contributed by atoms with Gasteiger partial charge in [0.15, 0.2) is 11.5 Å². The van der Waals surface area contributed by atoms with E-state index in [-0.39, 0.29) is 24.8 Å². The minimum Gasteiger partial charge on any atom is -0.489 e. The fourth-order valence-electron chi connectivity index (χ4n) is 2.75. The first kappa shape index (κ1) is 20.3. The number of halogens is 2. The van der Waals surface area contributed by atoms with E-state index in [0.717, 1.165) is 12.0 Å². The van der Waals surface area contributed by atoms with E-state index >= 15 is 0 Å². The van der Waals surface area contributed by atoms with Crippen molar-refractivity contribution in [3.8, 4) is 11.5 Å². The van der Waals surface area contributed by atoms with E-state index in [4.69, 9.17) is 32.7 Å². The van der Waals surface area contributed by atoms with Crippen LogP contribution in [0, 0.1) is 6.92 Å². The highest BCUT2D eigenvalue weighted by atomic mass is 35.5. The van der Waals surface area contributed by atoms with Crippen LogP contribution in [-0.4, -0.2) is 31.6 Å². The van der Waals surface area contributed by atoms with Gasteiger partial charge in [-0.2, -0.15) is 0 Å². The highest BCUT2D eigenvalue weighted by Gasteiger charge is 2.17. The smallest absolute Gasteiger partial charge is 0.243 e. The van der Waals surface area contributed by atoms with E-state index in [1.165, 1.54) is 0 Å². The topological polar surface area (TPSA) is 76.7 Å². The summed E-state index contributed by atoms with van der Waals surface area (Å²) in [5, 5.41) is 6.29. The van der Waals surface area contributed by atoms with Crippen LogP contribution in [0.1, 0.15) is 17.5 Å². The third-order valence-corrected chi connectivity index (χ3v) is 4.90. The molecule has 0 unspecified atom stereocenters. The second kappa shape index (κ2) is 9.17. The zero-order chi connectivity index (χ0) is 20.1. The number of hydrogen-bond acceptors (Lipinski definition) is 4. The number of carbonyl (C=O) groups is 2. The van der Waals surface area contributed by atoms with Crippen LogP contribution in [-0.2, 0) is 16.0 Å². The number of carbonyl (C=O) groups excluding carboxylic acids is 2. The van der Waals surface area contributed by atoms with Gasteiger partial charge < -0.3 is 20.1 Å². The molecule has 2 amide bonds. The Labute approximate surface area is 173 Å². The number of benzene rings is 2. The summed E-state index contributed by atoms with van der Waals surface area (Å²) in [6, 6.07) is 8.65. The zero-order valence-corrected chi connectivity index (χ0v) is 16.8. The summed E-state index contributed by atoms with van der Waals surface area (Å²) in [5.41, 5.74) is 2.06. The molecule has 148 valence electrons. The summed E-state index contributed by atoms with van der Waals surface area (Å²) in [5.74, 6) is 0.389. The van der Waals surface area contributed by atoms with Crippen LogP contribution < -0.4 is 20.1 Å². The molecule has 0 saturated carbocycles. The summed E-state index contributed by atoms with van der Waals surface area (Å²) in [6.45, 7) is 2.73. The van der Waals surface area contributed by atoms with Gasteiger partial charge in [-0.25, -0.2) is 0 Å². The molecule has 8 heteroatoms. The Bertz CT molecular complexity index is 902. The predicted octanol–water partition coefficient (Wildman–Crippen LogP) is 3.76. The van der Waals surface area contributed by atoms with Crippen LogP contribution in [0.5, 0.6) is 11.5 Å². The lowest BCUT2D eigenvalue weighted by Gasteiger charge is -2.12. The van der Waals surface area contributed by atoms with Crippen LogP contribution in [0.4, 0.5) is 5.69 Å². The molecule has 2 aromatic rings. The lowest BCUT2D eigenvalue weighted by Crippen LogP contribution is -2.33. The van der Waals surface area contributed by atoms with Gasteiger partial charge in [-0.3, -0.25) is 9.59 Å². The fourth-order valence-corrected chi connectivity index (χ4v) is 3.21. The van der Waals surface area contributed by atoms with Gasteiger partial charge in [0.05, 0.1) is 31.2 Å². The van der Waals surface area contributed by atoms with E-state index < -0.39 is 0 Å². The van der Waals surface area contributed by atoms with Crippen molar-refractivity contribution in [1.82, 2.24) is 5.32 Å². The third-order valence-electron chi connectivity index (χ3n) is 4.21. The molecule has 1 heterocycles. The van der Waals surface area contributed by atoms with Crippen molar-refractivity contribution >= 4 is 40.7 Å². The average Bonchev–Trinajstić information content (AvgIpc) is 2.90. The lowest BCUT2D eigenvalue weighted by atomic mass is 10.1. The molecule has 3 rings (SSSR count). The Morgan fingerprint density at radius 3 is 2.68 bits per heavy atom. The van der Waals surface area contributed by atoms with Gasteiger partial charge >= 0.3 is 0 Å². The minimum absolute atomic E-state index is 0.0693. The molecule has 0 bridgehead atoms. The number of amides is 2. The molecule has 2 N–H and O–H groups in total. The Kier molecular flexibility index (Phi) is 6.65. The average molecular weight is 423 g/mol. The first-order chi connectivity index (χ1) is 13.4. The number of fused-ring (bicyclic) bond motifs is 1. The van der Waals surface area contributed by atoms with Crippen molar-refractivity contribution in [2.24, 2.45) is 0 Å². The molecule has 0 saturated heterocycles. The maximum atomic E-state index is 12.2. The highest BCUT2D eigenvalue weighted by Crippen LogP contribution is 2.38. The largest absolute Gasteiger partial charge is 0.489 e. The van der Waals surface area contributed by atoms with Crippen LogP contribution in [0.15, 0.2) is 30.3 Å². The summed E-state index contributed by atoms with van der Waals surface area (Å²) in [7, 11) is 0. The first-order valence-corrected chi connectivity index (χ1v) is 9.59. The highest BCUT2D eigenvalue weighted by molar-refractivity contribution is 6.32. The molecule has 0 fully saturated rings. The minimum atomic E-state index is -0.338. The number of rotatable bonds is 5. The third kappa shape index (κ3) is 5.09. The molecule has 1 aliphatic rings. The number of nitrogens with one attached hydrogen (secondary N) is 2. The van der Waals surface area contributed by atoms with E-state index in [1.54, 1.807) is 30.3 Å². The normalized spacial score (nSPS) is 12.8. The molecule has 0 radical (unpaired) electrons. The number of hydrogen-bond donors (Lipinski definition) is 2. The van der Waals surface area contributed by atoms with Gasteiger partial charge in [0.1, 0.15) is 0 Å². The monoisotopic (exact) mass is 422 g/mol. The molecule has 0 spiro atoms. The molecule has 0 aromatic heterocycles. The van der Waals surface area contributed by atoms with Crippen molar-refractivity contribution < 1.29 is 19.1 Å². The van der Waals surface area contributed by atoms with Gasteiger partial charge in [-0.1, -0.05) is 29.3 Å². The van der Waals surface area contributed by atoms with Gasteiger partial charge in [-0.05, 0) is 42.3 Å². The second-order valence-electron chi connectivity index (χ2n) is 6.37. The van der Waals surface area contributed by atoms with Gasteiger partial charge in [-0.15, -0.1) is 0 Å². The molecule has 0 aliphatic carbocycles. The second-order valence-corrected chi connectivity index (χ2v) is 7.18. The maximum absolute atomic E-state index is 12.2. The van der Waals surface area contributed by atoms with Gasteiger partial charge in [0.2, 0.25) is 11.8 Å². The summed E-state index contributed by atoms with van der Waals surface area (Å²) in [6.07, 6.45) is 0.835. The molecular formula is C20H20Cl2N2O4. The summed E-state index contributed by atoms with van der Waals surface area (Å²) < 4.78 is 11.2. The summed E-state index contributed by atoms with van der Waals surface area (Å²) >= 11 is 12.3. The maximum Gasteiger partial charge on any atom is 0.243 e. The van der Waals surface area contributed by atoms with E-state index in [9.17, 15) is 9.59 Å². The van der Waals surface area contributed by atoms with Crippen molar-refractivity contribution in [3.63, 3.8) is 0 Å². The number of anilines is 1. The quantitative estimate of drug-likeness (QED) is 0.768. The van der Waals surface area contributed by atoms with Crippen LogP contribution >= 0.6 is 23.2 Å². The van der Waals surface area contributed by atoms with E-state index in [1.807, 2.05) is 6.92 Å². The van der Waals surface area contributed by atoms with Gasteiger partial charge in [0, 0.05) is 17.1 Å². The molecule has 28 heavy (non-hydrogen) atoms. The Hall–Kier alpha value is -2.44. The molecule has 2 aromatic carbocycles. The first-order valence-electron chi connectivity index (χ1n) is 8.83. The molecular weight excluding hydrogens is 403 g/mol. The SMILES string of the molecule is Cc1c(Cl)cccc1NC(=O)CNC(=O)Cc1cc(Cl)c2c(c1)OCCCO2. The van der Waals surface area contributed by atoms with Crippen molar-refractivity contribution in [2.75, 3.05) is 25.1 Å². The van der Waals surface area contributed by atoms with Crippen LogP contribution in [0.3, 0.4) is 0 Å². The summed E-state index contributed by atoms with van der Waals surface area (Å²) in [4.78, 5) is 24.3. The van der Waals surface area contributed by atoms with Crippen molar-refractivity contribution in [2.45, 2.75) is 19.8 Å². The molecule has 6 nitrogen and oxygen atoms in total. The Morgan fingerprint density at radius 2 is 1.86 bits per heavy atom. The predicted molar refractivity (Wildman–Crippen MR) is 109 cm³/mol. The Balaban J connectivity index is 1.56.